The van der Waals surface area contributed by atoms with Crippen LogP contribution in [0.15, 0.2) is 182 Å². The van der Waals surface area contributed by atoms with Crippen LogP contribution in [0.3, 0.4) is 0 Å². The predicted octanol–water partition coefficient (Wildman–Crippen LogP) is 12.7. The molecule has 0 aliphatic carbocycles. The number of fused-ring (bicyclic) bond motifs is 8. The number of hydrogen-bond donors (Lipinski definition) is 0. The van der Waals surface area contributed by atoms with Gasteiger partial charge in [0.1, 0.15) is 11.5 Å². The molecule has 0 unspecified atom stereocenters. The maximum absolute atomic E-state index is 7.08. The third kappa shape index (κ3) is 6.14. The summed E-state index contributed by atoms with van der Waals surface area (Å²) in [5.41, 5.74) is 12.6. The molecule has 55 heavy (non-hydrogen) atoms. The van der Waals surface area contributed by atoms with E-state index >= 15 is 0 Å². The first-order valence-corrected chi connectivity index (χ1v) is 18.3. The number of hydrogen-bond acceptors (Lipinski definition) is 5. The quantitative estimate of drug-likeness (QED) is 0.182. The molecule has 0 spiro atoms. The predicted molar refractivity (Wildman–Crippen MR) is 223 cm³/mol. The molecular formula is C50H32N4O. The Hall–Kier alpha value is -7.50. The smallest absolute Gasteiger partial charge is 0.161 e. The van der Waals surface area contributed by atoms with Crippen LogP contribution in [0.4, 0.5) is 0 Å². The van der Waals surface area contributed by atoms with E-state index in [1.54, 1.807) is 6.20 Å². The van der Waals surface area contributed by atoms with E-state index in [0.717, 1.165) is 95.0 Å². The highest BCUT2D eigenvalue weighted by atomic mass is 16.5. The van der Waals surface area contributed by atoms with Crippen LogP contribution >= 0.6 is 0 Å². The maximum atomic E-state index is 7.08. The molecule has 3 aromatic heterocycles. The highest BCUT2D eigenvalue weighted by Crippen LogP contribution is 2.45. The van der Waals surface area contributed by atoms with Crippen LogP contribution in [0.5, 0.6) is 11.5 Å². The zero-order valence-corrected chi connectivity index (χ0v) is 29.7. The van der Waals surface area contributed by atoms with Crippen molar-refractivity contribution in [2.75, 3.05) is 0 Å². The standard InChI is InChI=1S/C50H32N4O/c1-2-13-36(14-3-1)46-30-47(54-50(53-46)39-25-27-45(52-32-39)38-15-10-28-51-31-38)37-23-22-35-21-20-33-11-4-6-16-40(33)42-18-8-9-19-48(42)55-49-41-17-7-5-12-34(41)24-26-43(49)44(35)29-37/h1-32H. The van der Waals surface area contributed by atoms with Gasteiger partial charge in [-0.15, -0.1) is 0 Å². The molecule has 0 saturated heterocycles. The third-order valence-electron chi connectivity index (χ3n) is 10.1. The summed E-state index contributed by atoms with van der Waals surface area (Å²) in [5, 5.41) is 2.15. The van der Waals surface area contributed by atoms with Crippen molar-refractivity contribution in [2.45, 2.75) is 0 Å². The van der Waals surface area contributed by atoms with Gasteiger partial charge in [-0.05, 0) is 76.2 Å². The van der Waals surface area contributed by atoms with Crippen molar-refractivity contribution in [1.82, 2.24) is 19.9 Å². The van der Waals surface area contributed by atoms with Crippen LogP contribution < -0.4 is 4.74 Å². The summed E-state index contributed by atoms with van der Waals surface area (Å²) in [5.74, 6) is 2.21. The Kier molecular flexibility index (Phi) is 8.08. The van der Waals surface area contributed by atoms with E-state index in [1.165, 1.54) is 0 Å². The van der Waals surface area contributed by atoms with E-state index in [4.69, 9.17) is 19.7 Å². The normalized spacial score (nSPS) is 11.7. The highest BCUT2D eigenvalue weighted by molar-refractivity contribution is 5.99. The number of benzene rings is 6. The van der Waals surface area contributed by atoms with Gasteiger partial charge >= 0.3 is 0 Å². The van der Waals surface area contributed by atoms with Gasteiger partial charge in [-0.1, -0.05) is 127 Å². The van der Waals surface area contributed by atoms with E-state index in [0.29, 0.717) is 5.82 Å². The summed E-state index contributed by atoms with van der Waals surface area (Å²) in [6, 6.07) is 56.3. The molecule has 0 saturated carbocycles. The molecule has 6 aromatic carbocycles. The Morgan fingerprint density at radius 2 is 1.15 bits per heavy atom. The van der Waals surface area contributed by atoms with Crippen LogP contribution in [-0.4, -0.2) is 19.9 Å². The van der Waals surface area contributed by atoms with Gasteiger partial charge in [-0.3, -0.25) is 9.97 Å². The molecule has 10 rings (SSSR count). The molecule has 0 radical (unpaired) electrons. The van der Waals surface area contributed by atoms with Crippen molar-refractivity contribution < 1.29 is 4.74 Å². The molecule has 1 aliphatic heterocycles. The van der Waals surface area contributed by atoms with Crippen molar-refractivity contribution in [3.05, 3.63) is 194 Å². The van der Waals surface area contributed by atoms with E-state index in [2.05, 4.69) is 132 Å². The lowest BCUT2D eigenvalue weighted by molar-refractivity contribution is 0.492. The van der Waals surface area contributed by atoms with Crippen LogP contribution in [0, 0.1) is 0 Å². The average Bonchev–Trinajstić information content (AvgIpc) is 3.28. The van der Waals surface area contributed by atoms with Gasteiger partial charge in [0.25, 0.3) is 0 Å². The number of para-hydroxylation sites is 1. The van der Waals surface area contributed by atoms with Crippen LogP contribution in [0.1, 0.15) is 11.1 Å². The minimum Gasteiger partial charge on any atom is -0.455 e. The van der Waals surface area contributed by atoms with Gasteiger partial charge in [0.2, 0.25) is 0 Å². The van der Waals surface area contributed by atoms with Crippen molar-refractivity contribution >= 4 is 22.9 Å². The number of nitrogens with zero attached hydrogens (tertiary/aromatic N) is 4. The van der Waals surface area contributed by atoms with E-state index in [1.807, 2.05) is 60.9 Å². The zero-order chi connectivity index (χ0) is 36.6. The Labute approximate surface area is 319 Å². The molecule has 0 N–H and O–H groups in total. The molecule has 9 aromatic rings. The molecule has 5 nitrogen and oxygen atoms in total. The van der Waals surface area contributed by atoms with E-state index in [9.17, 15) is 0 Å². The van der Waals surface area contributed by atoms with Gasteiger partial charge in [0.15, 0.2) is 5.82 Å². The van der Waals surface area contributed by atoms with Gasteiger partial charge in [-0.25, -0.2) is 9.97 Å². The fourth-order valence-electron chi connectivity index (χ4n) is 7.31. The highest BCUT2D eigenvalue weighted by Gasteiger charge is 2.20. The Balaban J connectivity index is 1.18. The van der Waals surface area contributed by atoms with Crippen molar-refractivity contribution in [3.63, 3.8) is 0 Å². The lowest BCUT2D eigenvalue weighted by Gasteiger charge is -2.18. The van der Waals surface area contributed by atoms with Gasteiger partial charge in [0, 0.05) is 57.4 Å². The Morgan fingerprint density at radius 1 is 0.418 bits per heavy atom. The molecule has 0 fully saturated rings. The SMILES string of the molecule is C1=Cc2ccc(-c3cc(-c4ccccc4)nc(-c4ccc(-c5cccnc5)nc4)n3)cc2-c2ccc3ccccc3c2Oc2ccccc2-c2ccccc21. The molecule has 0 amide bonds. The first-order valence-electron chi connectivity index (χ1n) is 18.3. The first kappa shape index (κ1) is 32.2. The second kappa shape index (κ2) is 13.8. The van der Waals surface area contributed by atoms with Crippen molar-refractivity contribution in [3.8, 4) is 78.9 Å². The third-order valence-corrected chi connectivity index (χ3v) is 10.1. The second-order valence-corrected chi connectivity index (χ2v) is 13.5. The second-order valence-electron chi connectivity index (χ2n) is 13.5. The number of ether oxygens (including phenoxy) is 1. The van der Waals surface area contributed by atoms with E-state index < -0.39 is 0 Å². The lowest BCUT2D eigenvalue weighted by Crippen LogP contribution is -1.98. The van der Waals surface area contributed by atoms with Gasteiger partial charge in [-0.2, -0.15) is 0 Å². The number of rotatable bonds is 4. The summed E-state index contributed by atoms with van der Waals surface area (Å²) in [6.45, 7) is 0. The molecule has 5 heteroatoms. The van der Waals surface area contributed by atoms with Crippen LogP contribution in [-0.2, 0) is 0 Å². The van der Waals surface area contributed by atoms with Crippen LogP contribution in [0.25, 0.3) is 90.3 Å². The first-order chi connectivity index (χ1) is 27.2. The molecular weight excluding hydrogens is 673 g/mol. The summed E-state index contributed by atoms with van der Waals surface area (Å²) >= 11 is 0. The lowest BCUT2D eigenvalue weighted by atomic mass is 9.92. The summed E-state index contributed by atoms with van der Waals surface area (Å²) in [7, 11) is 0. The summed E-state index contributed by atoms with van der Waals surface area (Å²) < 4.78 is 7.08. The van der Waals surface area contributed by atoms with Crippen LogP contribution in [0.2, 0.25) is 0 Å². The fraction of sp³-hybridized carbons (Fsp3) is 0. The van der Waals surface area contributed by atoms with Gasteiger partial charge < -0.3 is 4.74 Å². The molecule has 258 valence electrons. The Morgan fingerprint density at radius 3 is 1.98 bits per heavy atom. The largest absolute Gasteiger partial charge is 0.455 e. The number of pyridine rings is 2. The molecule has 0 atom stereocenters. The van der Waals surface area contributed by atoms with Gasteiger partial charge in [0.05, 0.1) is 17.1 Å². The van der Waals surface area contributed by atoms with Crippen molar-refractivity contribution in [2.24, 2.45) is 0 Å². The minimum absolute atomic E-state index is 0.598. The summed E-state index contributed by atoms with van der Waals surface area (Å²) in [4.78, 5) is 19.3. The molecule has 1 aliphatic rings. The zero-order valence-electron chi connectivity index (χ0n) is 29.7. The maximum Gasteiger partial charge on any atom is 0.161 e. The Bertz CT molecular complexity index is 2890. The minimum atomic E-state index is 0.598. The molecule has 4 heterocycles. The van der Waals surface area contributed by atoms with Crippen molar-refractivity contribution in [1.29, 1.82) is 0 Å². The topological polar surface area (TPSA) is 60.8 Å². The fourth-order valence-corrected chi connectivity index (χ4v) is 7.31. The summed E-state index contributed by atoms with van der Waals surface area (Å²) in [6.07, 6.45) is 9.83. The average molecular weight is 705 g/mol. The monoisotopic (exact) mass is 704 g/mol. The number of aromatic nitrogens is 4. The molecule has 0 bridgehead atoms. The van der Waals surface area contributed by atoms with E-state index in [-0.39, 0.29) is 0 Å².